The number of methoxy groups -OCH3 is 1. The van der Waals surface area contributed by atoms with Gasteiger partial charge in [0.15, 0.2) is 0 Å². The van der Waals surface area contributed by atoms with Crippen LogP contribution in [0.25, 0.3) is 0 Å². The maximum atomic E-state index is 13.3. The minimum Gasteiger partial charge on any atom is -0.496 e. The number of aliphatic carboxylic acids is 1. The van der Waals surface area contributed by atoms with E-state index in [1.807, 2.05) is 0 Å². The molecule has 0 aliphatic carbocycles. The van der Waals surface area contributed by atoms with E-state index >= 15 is 0 Å². The second-order valence-electron chi connectivity index (χ2n) is 3.02. The Morgan fingerprint density at radius 1 is 1.53 bits per heavy atom. The van der Waals surface area contributed by atoms with E-state index in [0.717, 1.165) is 19.2 Å². The third kappa shape index (κ3) is 2.30. The molecular weight excluding hydrogens is 240 g/mol. The molecule has 0 bridgehead atoms. The third-order valence-electron chi connectivity index (χ3n) is 2.00. The van der Waals surface area contributed by atoms with Crippen molar-refractivity contribution in [2.75, 3.05) is 7.11 Å². The van der Waals surface area contributed by atoms with Gasteiger partial charge in [-0.15, -0.1) is 0 Å². The van der Waals surface area contributed by atoms with E-state index in [2.05, 4.69) is 4.74 Å². The van der Waals surface area contributed by atoms with Gasteiger partial charge in [-0.25, -0.2) is 4.79 Å². The van der Waals surface area contributed by atoms with E-state index in [-0.39, 0.29) is 0 Å². The minimum absolute atomic E-state index is 0.428. The number of ether oxygens (including phenoxy) is 1. The van der Waals surface area contributed by atoms with Gasteiger partial charge in [0, 0.05) is 12.1 Å². The van der Waals surface area contributed by atoms with Gasteiger partial charge in [-0.2, -0.15) is 8.78 Å². The molecule has 0 saturated heterocycles. The lowest BCUT2D eigenvalue weighted by Gasteiger charge is -2.14. The topological polar surface area (TPSA) is 89.7 Å². The summed E-state index contributed by atoms with van der Waals surface area (Å²) in [5, 5.41) is 18.8. The molecule has 1 aromatic rings. The number of hydrogen-bond donors (Lipinski definition) is 1. The maximum absolute atomic E-state index is 13.3. The summed E-state index contributed by atoms with van der Waals surface area (Å²) in [4.78, 5) is 19.9. The van der Waals surface area contributed by atoms with Crippen molar-refractivity contribution in [3.63, 3.8) is 0 Å². The van der Waals surface area contributed by atoms with Gasteiger partial charge in [0.25, 0.3) is 5.69 Å². The molecule has 0 heterocycles. The Hall–Kier alpha value is -2.25. The molecule has 0 unspecified atom stereocenters. The highest BCUT2D eigenvalue weighted by atomic mass is 19.3. The fourth-order valence-electron chi connectivity index (χ4n) is 1.17. The second kappa shape index (κ2) is 4.32. The molecule has 8 heteroatoms. The lowest BCUT2D eigenvalue weighted by Crippen LogP contribution is -2.26. The molecule has 0 saturated carbocycles. The largest absolute Gasteiger partial charge is 0.496 e. The Balaban J connectivity index is 3.43. The first-order chi connectivity index (χ1) is 7.80. The van der Waals surface area contributed by atoms with Crippen LogP contribution in [0.2, 0.25) is 0 Å². The lowest BCUT2D eigenvalue weighted by atomic mass is 10.1. The molecule has 1 rings (SSSR count). The van der Waals surface area contributed by atoms with Crippen molar-refractivity contribution >= 4 is 11.7 Å². The van der Waals surface area contributed by atoms with E-state index in [1.165, 1.54) is 0 Å². The maximum Gasteiger partial charge on any atom is 0.379 e. The number of non-ortho nitro benzene ring substituents is 1. The molecule has 0 aromatic heterocycles. The van der Waals surface area contributed by atoms with E-state index in [4.69, 9.17) is 5.11 Å². The van der Waals surface area contributed by atoms with Gasteiger partial charge < -0.3 is 9.84 Å². The molecule has 6 nitrogen and oxygen atoms in total. The average molecular weight is 247 g/mol. The summed E-state index contributed by atoms with van der Waals surface area (Å²) in [6, 6.07) is 2.34. The molecule has 1 N–H and O–H groups in total. The van der Waals surface area contributed by atoms with Crippen molar-refractivity contribution in [1.82, 2.24) is 0 Å². The Bertz CT molecular complexity index is 474. The summed E-state index contributed by atoms with van der Waals surface area (Å²) in [6.07, 6.45) is 0. The molecule has 0 amide bonds. The summed E-state index contributed by atoms with van der Waals surface area (Å²) < 4.78 is 31.1. The number of alkyl halides is 2. The second-order valence-corrected chi connectivity index (χ2v) is 3.02. The van der Waals surface area contributed by atoms with Crippen LogP contribution >= 0.6 is 0 Å². The van der Waals surface area contributed by atoms with Crippen LogP contribution in [-0.4, -0.2) is 23.1 Å². The number of carbonyl (C=O) groups is 1. The number of benzene rings is 1. The van der Waals surface area contributed by atoms with E-state index in [0.29, 0.717) is 6.07 Å². The first kappa shape index (κ1) is 12.8. The van der Waals surface area contributed by atoms with Crippen LogP contribution in [0.4, 0.5) is 14.5 Å². The molecule has 0 aliphatic rings. The molecule has 0 fully saturated rings. The molecule has 0 radical (unpaired) electrons. The lowest BCUT2D eigenvalue weighted by molar-refractivity contribution is -0.385. The number of carboxylic acids is 1. The Kier molecular flexibility index (Phi) is 3.26. The monoisotopic (exact) mass is 247 g/mol. The summed E-state index contributed by atoms with van der Waals surface area (Å²) in [7, 11) is 1.06. The van der Waals surface area contributed by atoms with Crippen LogP contribution in [0.3, 0.4) is 0 Å². The SMILES string of the molecule is COc1ccc([N+](=O)[O-])cc1C(F)(F)C(=O)O. The Morgan fingerprint density at radius 3 is 2.53 bits per heavy atom. The van der Waals surface area contributed by atoms with Gasteiger partial charge in [-0.3, -0.25) is 10.1 Å². The van der Waals surface area contributed by atoms with Crippen LogP contribution in [-0.2, 0) is 10.7 Å². The molecule has 92 valence electrons. The van der Waals surface area contributed by atoms with Gasteiger partial charge in [-0.05, 0) is 6.07 Å². The van der Waals surface area contributed by atoms with E-state index in [1.54, 1.807) is 0 Å². The summed E-state index contributed by atoms with van der Waals surface area (Å²) in [6.45, 7) is 0. The van der Waals surface area contributed by atoms with Gasteiger partial charge in [0.05, 0.1) is 17.6 Å². The van der Waals surface area contributed by atoms with Crippen molar-refractivity contribution in [3.05, 3.63) is 33.9 Å². The van der Waals surface area contributed by atoms with E-state index < -0.39 is 33.8 Å². The van der Waals surface area contributed by atoms with Crippen LogP contribution in [0.5, 0.6) is 5.75 Å². The molecule has 1 aromatic carbocycles. The Labute approximate surface area is 93.6 Å². The quantitative estimate of drug-likeness (QED) is 0.646. The Morgan fingerprint density at radius 2 is 2.12 bits per heavy atom. The van der Waals surface area contributed by atoms with Crippen LogP contribution in [0.15, 0.2) is 18.2 Å². The zero-order valence-electron chi connectivity index (χ0n) is 8.52. The smallest absolute Gasteiger partial charge is 0.379 e. The van der Waals surface area contributed by atoms with Crippen molar-refractivity contribution in [2.45, 2.75) is 5.92 Å². The zero-order chi connectivity index (χ0) is 13.2. The zero-order valence-corrected chi connectivity index (χ0v) is 8.52. The number of nitro benzene ring substituents is 1. The van der Waals surface area contributed by atoms with Crippen molar-refractivity contribution < 1.29 is 28.3 Å². The number of rotatable bonds is 4. The molecule has 0 aliphatic heterocycles. The minimum atomic E-state index is -4.25. The summed E-state index contributed by atoms with van der Waals surface area (Å²) in [5.41, 5.74) is -1.69. The average Bonchev–Trinajstić information content (AvgIpc) is 2.27. The summed E-state index contributed by atoms with van der Waals surface area (Å²) in [5.74, 6) is -7.09. The first-order valence-corrected chi connectivity index (χ1v) is 4.24. The molecule has 0 spiro atoms. The highest BCUT2D eigenvalue weighted by Gasteiger charge is 2.44. The number of hydrogen-bond acceptors (Lipinski definition) is 4. The van der Waals surface area contributed by atoms with Crippen molar-refractivity contribution in [3.8, 4) is 5.75 Å². The predicted octanol–water partition coefficient (Wildman–Crippen LogP) is 1.78. The first-order valence-electron chi connectivity index (χ1n) is 4.24. The highest BCUT2D eigenvalue weighted by molar-refractivity contribution is 5.78. The third-order valence-corrected chi connectivity index (χ3v) is 2.00. The number of nitrogens with zero attached hydrogens (tertiary/aromatic N) is 1. The number of halogens is 2. The van der Waals surface area contributed by atoms with Gasteiger partial charge in [-0.1, -0.05) is 0 Å². The fourth-order valence-corrected chi connectivity index (χ4v) is 1.17. The van der Waals surface area contributed by atoms with Gasteiger partial charge >= 0.3 is 11.9 Å². The van der Waals surface area contributed by atoms with Gasteiger partial charge in [0.1, 0.15) is 5.75 Å². The standard InChI is InChI=1S/C9H7F2NO5/c1-17-7-3-2-5(12(15)16)4-6(7)9(10,11)8(13)14/h2-4H,1H3,(H,13,14). The number of carboxylic acid groups (broad SMARTS) is 1. The van der Waals surface area contributed by atoms with Gasteiger partial charge in [0.2, 0.25) is 0 Å². The predicted molar refractivity (Wildman–Crippen MR) is 51.2 cm³/mol. The van der Waals surface area contributed by atoms with Crippen molar-refractivity contribution in [2.24, 2.45) is 0 Å². The van der Waals surface area contributed by atoms with Crippen LogP contribution < -0.4 is 4.74 Å². The molecular formula is C9H7F2NO5. The van der Waals surface area contributed by atoms with E-state index in [9.17, 15) is 23.7 Å². The van der Waals surface area contributed by atoms with Crippen molar-refractivity contribution in [1.29, 1.82) is 0 Å². The normalized spacial score (nSPS) is 11.0. The number of nitro groups is 1. The molecule has 0 atom stereocenters. The van der Waals surface area contributed by atoms with Crippen LogP contribution in [0, 0.1) is 10.1 Å². The summed E-state index contributed by atoms with van der Waals surface area (Å²) >= 11 is 0. The highest BCUT2D eigenvalue weighted by Crippen LogP contribution is 2.37. The molecule has 17 heavy (non-hydrogen) atoms. The fraction of sp³-hybridized carbons (Fsp3) is 0.222. The van der Waals surface area contributed by atoms with Crippen LogP contribution in [0.1, 0.15) is 5.56 Å².